The number of anilines is 2. The molecule has 0 bridgehead atoms. The van der Waals surface area contributed by atoms with Gasteiger partial charge in [0.15, 0.2) is 15.0 Å². The predicted molar refractivity (Wildman–Crippen MR) is 132 cm³/mol. The van der Waals surface area contributed by atoms with E-state index in [-0.39, 0.29) is 16.7 Å². The van der Waals surface area contributed by atoms with Gasteiger partial charge in [0.1, 0.15) is 5.82 Å². The minimum Gasteiger partial charge on any atom is -0.462 e. The molecular formula is C25H21FN2O4S2. The van der Waals surface area contributed by atoms with E-state index in [0.29, 0.717) is 23.0 Å². The highest BCUT2D eigenvalue weighted by Gasteiger charge is 2.17. The summed E-state index contributed by atoms with van der Waals surface area (Å²) in [5.41, 5.74) is 3.33. The molecule has 4 rings (SSSR count). The number of nitrogens with zero attached hydrogens (tertiary/aromatic N) is 1. The van der Waals surface area contributed by atoms with Crippen LogP contribution in [0.25, 0.3) is 21.7 Å². The Hall–Kier alpha value is -3.56. The third-order valence-electron chi connectivity index (χ3n) is 4.94. The molecule has 9 heteroatoms. The van der Waals surface area contributed by atoms with Crippen molar-refractivity contribution in [3.05, 3.63) is 84.2 Å². The molecule has 0 saturated carbocycles. The van der Waals surface area contributed by atoms with E-state index < -0.39 is 9.84 Å². The van der Waals surface area contributed by atoms with Gasteiger partial charge in [-0.15, -0.1) is 0 Å². The Morgan fingerprint density at radius 3 is 2.18 bits per heavy atom. The van der Waals surface area contributed by atoms with E-state index in [2.05, 4.69) is 5.32 Å². The first-order valence-electron chi connectivity index (χ1n) is 10.4. The molecule has 1 N–H and O–H groups in total. The molecule has 0 atom stereocenters. The van der Waals surface area contributed by atoms with E-state index in [9.17, 15) is 17.6 Å². The molecule has 0 radical (unpaired) electrons. The second kappa shape index (κ2) is 9.74. The van der Waals surface area contributed by atoms with E-state index >= 15 is 0 Å². The second-order valence-electron chi connectivity index (χ2n) is 7.42. The topological polar surface area (TPSA) is 85.4 Å². The lowest BCUT2D eigenvalue weighted by molar-refractivity contribution is 0.0526. The minimum atomic E-state index is -3.32. The summed E-state index contributed by atoms with van der Waals surface area (Å²) in [5, 5.41) is 3.82. The Morgan fingerprint density at radius 2 is 1.59 bits per heavy atom. The number of rotatable bonds is 7. The number of nitrogens with one attached hydrogen (secondary N) is 1. The van der Waals surface area contributed by atoms with Gasteiger partial charge in [0.05, 0.1) is 27.6 Å². The van der Waals surface area contributed by atoms with Crippen LogP contribution in [0, 0.1) is 5.82 Å². The molecule has 4 aromatic rings. The van der Waals surface area contributed by atoms with E-state index in [4.69, 9.17) is 9.72 Å². The number of ether oxygens (including phenoxy) is 1. The molecular weight excluding hydrogens is 475 g/mol. The van der Waals surface area contributed by atoms with Gasteiger partial charge in [-0.25, -0.2) is 22.6 Å². The number of benzene rings is 3. The third-order valence-corrected chi connectivity index (χ3v) is 7.09. The van der Waals surface area contributed by atoms with Crippen molar-refractivity contribution >= 4 is 38.0 Å². The average Bonchev–Trinajstić information content (AvgIpc) is 3.23. The van der Waals surface area contributed by atoms with Crippen LogP contribution in [0.15, 0.2) is 77.7 Å². The Kier molecular flexibility index (Phi) is 6.76. The zero-order chi connectivity index (χ0) is 24.3. The first-order valence-corrected chi connectivity index (χ1v) is 13.1. The summed E-state index contributed by atoms with van der Waals surface area (Å²) in [6.45, 7) is 2.05. The van der Waals surface area contributed by atoms with Crippen LogP contribution in [0.2, 0.25) is 0 Å². The minimum absolute atomic E-state index is 0.226. The van der Waals surface area contributed by atoms with Gasteiger partial charge < -0.3 is 10.1 Å². The van der Waals surface area contributed by atoms with Gasteiger partial charge in [-0.3, -0.25) is 0 Å². The molecule has 0 unspecified atom stereocenters. The van der Waals surface area contributed by atoms with Gasteiger partial charge in [0, 0.05) is 17.5 Å². The SMILES string of the molecule is CCOC(=O)c1ccc(Nc2nc(-c3ccc(F)cc3)c(-c3ccc(S(C)(=O)=O)cc3)s2)cc1. The normalized spacial score (nSPS) is 11.3. The zero-order valence-electron chi connectivity index (χ0n) is 18.4. The Bertz CT molecular complexity index is 1410. The lowest BCUT2D eigenvalue weighted by Gasteiger charge is -2.04. The van der Waals surface area contributed by atoms with Crippen LogP contribution in [0.1, 0.15) is 17.3 Å². The second-order valence-corrected chi connectivity index (χ2v) is 10.4. The van der Waals surface area contributed by atoms with Crippen LogP contribution in [0.3, 0.4) is 0 Å². The highest BCUT2D eigenvalue weighted by molar-refractivity contribution is 7.90. The third kappa shape index (κ3) is 5.32. The van der Waals surface area contributed by atoms with Gasteiger partial charge in [0.2, 0.25) is 0 Å². The van der Waals surface area contributed by atoms with Crippen molar-refractivity contribution in [3.8, 4) is 21.7 Å². The van der Waals surface area contributed by atoms with Crippen molar-refractivity contribution in [1.82, 2.24) is 4.98 Å². The summed E-state index contributed by atoms with van der Waals surface area (Å²) in [4.78, 5) is 17.6. The summed E-state index contributed by atoms with van der Waals surface area (Å²) >= 11 is 1.38. The van der Waals surface area contributed by atoms with Gasteiger partial charge >= 0.3 is 5.97 Å². The van der Waals surface area contributed by atoms with Crippen molar-refractivity contribution in [2.75, 3.05) is 18.2 Å². The average molecular weight is 497 g/mol. The summed E-state index contributed by atoms with van der Waals surface area (Å²) in [7, 11) is -3.32. The largest absolute Gasteiger partial charge is 0.462 e. The van der Waals surface area contributed by atoms with E-state index in [1.54, 1.807) is 67.6 Å². The van der Waals surface area contributed by atoms with Crippen molar-refractivity contribution in [3.63, 3.8) is 0 Å². The molecule has 1 aromatic heterocycles. The number of hydrogen-bond acceptors (Lipinski definition) is 7. The summed E-state index contributed by atoms with van der Waals surface area (Å²) in [6.07, 6.45) is 1.16. The molecule has 0 amide bonds. The van der Waals surface area contributed by atoms with Crippen LogP contribution >= 0.6 is 11.3 Å². The van der Waals surface area contributed by atoms with E-state index in [1.165, 1.54) is 23.5 Å². The van der Waals surface area contributed by atoms with Gasteiger partial charge in [-0.1, -0.05) is 23.5 Å². The van der Waals surface area contributed by atoms with Crippen LogP contribution in [0.4, 0.5) is 15.2 Å². The monoisotopic (exact) mass is 496 g/mol. The maximum absolute atomic E-state index is 13.5. The van der Waals surface area contributed by atoms with Crippen molar-refractivity contribution < 1.29 is 22.3 Å². The number of carbonyl (C=O) groups is 1. The van der Waals surface area contributed by atoms with Crippen LogP contribution in [0.5, 0.6) is 0 Å². The fraction of sp³-hybridized carbons (Fsp3) is 0.120. The molecule has 174 valence electrons. The quantitative estimate of drug-likeness (QED) is 0.319. The number of aromatic nitrogens is 1. The van der Waals surface area contributed by atoms with Gasteiger partial charge in [-0.2, -0.15) is 0 Å². The molecule has 0 aliphatic heterocycles. The lowest BCUT2D eigenvalue weighted by atomic mass is 10.1. The number of carbonyl (C=O) groups excluding carboxylic acids is 1. The van der Waals surface area contributed by atoms with Crippen molar-refractivity contribution in [1.29, 1.82) is 0 Å². The first-order chi connectivity index (χ1) is 16.2. The number of sulfone groups is 1. The molecule has 34 heavy (non-hydrogen) atoms. The van der Waals surface area contributed by atoms with Crippen molar-refractivity contribution in [2.45, 2.75) is 11.8 Å². The standard InChI is InChI=1S/C25H21FN2O4S2/c1-3-32-24(29)18-6-12-20(13-7-18)27-25-28-22(16-4-10-19(26)11-5-16)23(33-25)17-8-14-21(15-9-17)34(2,30)31/h4-15H,3H2,1-2H3,(H,27,28). The maximum Gasteiger partial charge on any atom is 0.338 e. The molecule has 0 saturated heterocycles. The molecule has 0 aliphatic rings. The van der Waals surface area contributed by atoms with Crippen LogP contribution in [-0.4, -0.2) is 32.2 Å². The molecule has 3 aromatic carbocycles. The number of hydrogen-bond donors (Lipinski definition) is 1. The van der Waals surface area contributed by atoms with Crippen LogP contribution < -0.4 is 5.32 Å². The maximum atomic E-state index is 13.5. The van der Waals surface area contributed by atoms with Crippen molar-refractivity contribution in [2.24, 2.45) is 0 Å². The number of esters is 1. The van der Waals surface area contributed by atoms with Gasteiger partial charge in [0.25, 0.3) is 0 Å². The summed E-state index contributed by atoms with van der Waals surface area (Å²) in [6, 6.07) is 19.5. The molecule has 1 heterocycles. The van der Waals surface area contributed by atoms with Gasteiger partial charge in [-0.05, 0) is 73.2 Å². The fourth-order valence-corrected chi connectivity index (χ4v) is 4.90. The molecule has 0 aliphatic carbocycles. The van der Waals surface area contributed by atoms with Crippen LogP contribution in [-0.2, 0) is 14.6 Å². The number of halogens is 1. The fourth-order valence-electron chi connectivity index (χ4n) is 3.25. The molecule has 0 spiro atoms. The molecule has 6 nitrogen and oxygen atoms in total. The van der Waals surface area contributed by atoms with E-state index in [0.717, 1.165) is 27.9 Å². The summed E-state index contributed by atoms with van der Waals surface area (Å²) in [5.74, 6) is -0.736. The van der Waals surface area contributed by atoms with E-state index in [1.807, 2.05) is 0 Å². The highest BCUT2D eigenvalue weighted by atomic mass is 32.2. The lowest BCUT2D eigenvalue weighted by Crippen LogP contribution is -2.04. The number of thiazole rings is 1. The zero-order valence-corrected chi connectivity index (χ0v) is 20.0. The molecule has 0 fully saturated rings. The smallest absolute Gasteiger partial charge is 0.338 e. The summed E-state index contributed by atoms with van der Waals surface area (Å²) < 4.78 is 42.2. The first kappa shape index (κ1) is 23.6. The Balaban J connectivity index is 1.69. The highest BCUT2D eigenvalue weighted by Crippen LogP contribution is 2.40. The Morgan fingerprint density at radius 1 is 0.971 bits per heavy atom. The Labute approximate surface area is 201 Å². The predicted octanol–water partition coefficient (Wildman–Crippen LogP) is 5.94.